The van der Waals surface area contributed by atoms with E-state index in [1.54, 1.807) is 6.92 Å². The van der Waals surface area contributed by atoms with Gasteiger partial charge >= 0.3 is 59.1 Å². The standard InChI is InChI=1S/C8H11ClN2O6S2.2Na/c1-5-3-6(2)8(7(9)4-5)11(19(15,16)17)10-18(12,13)14;;/h3-4,10H,1-2H3,(H,12,13,14)(H,15,16,17);;/q;2*+1/p-2. The number of nitrogens with zero attached hydrogens (tertiary/aromatic N) is 1. The molecule has 0 bridgehead atoms. The number of hydrazine groups is 1. The molecule has 0 radical (unpaired) electrons. The van der Waals surface area contributed by atoms with Crippen LogP contribution in [0.5, 0.6) is 0 Å². The number of anilines is 1. The summed E-state index contributed by atoms with van der Waals surface area (Å²) in [6.45, 7) is 3.07. The Labute approximate surface area is 172 Å². The van der Waals surface area contributed by atoms with Crippen molar-refractivity contribution in [3.05, 3.63) is 28.3 Å². The van der Waals surface area contributed by atoms with Crippen LogP contribution in [0.3, 0.4) is 0 Å². The summed E-state index contributed by atoms with van der Waals surface area (Å²) in [5, 5.41) is -0.187. The van der Waals surface area contributed by atoms with E-state index in [0.29, 0.717) is 5.56 Å². The Balaban J connectivity index is 0. The van der Waals surface area contributed by atoms with Crippen LogP contribution in [-0.2, 0) is 20.6 Å². The van der Waals surface area contributed by atoms with Crippen molar-refractivity contribution in [1.29, 1.82) is 0 Å². The fourth-order valence-corrected chi connectivity index (χ4v) is 3.33. The molecular formula is C8H9ClN2Na2O6S2. The molecule has 0 heterocycles. The Morgan fingerprint density at radius 3 is 1.90 bits per heavy atom. The summed E-state index contributed by atoms with van der Waals surface area (Å²) < 4.78 is 64.6. The summed E-state index contributed by atoms with van der Waals surface area (Å²) in [5.41, 5.74) is 0.460. The van der Waals surface area contributed by atoms with Gasteiger partial charge in [-0.05, 0) is 31.0 Å². The summed E-state index contributed by atoms with van der Waals surface area (Å²) in [4.78, 5) is 1.08. The topological polar surface area (TPSA) is 130 Å². The Hall–Kier alpha value is 1.09. The smallest absolute Gasteiger partial charge is 0.734 e. The molecule has 0 aliphatic heterocycles. The molecule has 1 rings (SSSR count). The fourth-order valence-electron chi connectivity index (χ4n) is 1.47. The van der Waals surface area contributed by atoms with Crippen molar-refractivity contribution in [1.82, 2.24) is 4.83 Å². The van der Waals surface area contributed by atoms with E-state index in [0.717, 1.165) is 4.83 Å². The Bertz CT molecular complexity index is 686. The zero-order chi connectivity index (χ0) is 15.0. The third-order valence-electron chi connectivity index (χ3n) is 2.02. The maximum atomic E-state index is 11.0. The molecule has 13 heteroatoms. The van der Waals surface area contributed by atoms with Crippen molar-refractivity contribution in [3.8, 4) is 0 Å². The van der Waals surface area contributed by atoms with E-state index in [4.69, 9.17) is 11.6 Å². The third-order valence-corrected chi connectivity index (χ3v) is 3.55. The maximum absolute atomic E-state index is 11.0. The van der Waals surface area contributed by atoms with Gasteiger partial charge in [0, 0.05) is 0 Å². The van der Waals surface area contributed by atoms with Crippen LogP contribution in [0.4, 0.5) is 5.69 Å². The first kappa shape index (κ1) is 24.3. The number of halogens is 1. The number of hydrogen-bond donors (Lipinski definition) is 1. The van der Waals surface area contributed by atoms with E-state index < -0.39 is 26.3 Å². The predicted molar refractivity (Wildman–Crippen MR) is 65.9 cm³/mol. The van der Waals surface area contributed by atoms with Gasteiger partial charge in [-0.3, -0.25) is 0 Å². The summed E-state index contributed by atoms with van der Waals surface area (Å²) in [7, 11) is -10.5. The van der Waals surface area contributed by atoms with Gasteiger partial charge in [-0.25, -0.2) is 16.8 Å². The van der Waals surface area contributed by atoms with Crippen molar-refractivity contribution in [2.24, 2.45) is 0 Å². The Morgan fingerprint density at radius 2 is 1.57 bits per heavy atom. The largest absolute Gasteiger partial charge is 1.00 e. The zero-order valence-electron chi connectivity index (χ0n) is 11.7. The molecule has 21 heavy (non-hydrogen) atoms. The molecule has 1 aromatic rings. The van der Waals surface area contributed by atoms with Crippen LogP contribution >= 0.6 is 11.6 Å². The molecule has 0 saturated carbocycles. The zero-order valence-corrected chi connectivity index (χ0v) is 18.1. The molecule has 0 amide bonds. The molecule has 1 aromatic carbocycles. The summed E-state index contributed by atoms with van der Waals surface area (Å²) in [6.07, 6.45) is 0. The number of aryl methyl sites for hydroxylation is 2. The van der Waals surface area contributed by atoms with Gasteiger partial charge in [-0.1, -0.05) is 17.7 Å². The van der Waals surface area contributed by atoms with Gasteiger partial charge in [0.05, 0.1) is 10.7 Å². The molecule has 0 saturated heterocycles. The van der Waals surface area contributed by atoms with Crippen molar-refractivity contribution in [2.45, 2.75) is 13.8 Å². The van der Waals surface area contributed by atoms with Crippen LogP contribution in [0.25, 0.3) is 0 Å². The van der Waals surface area contributed by atoms with E-state index in [2.05, 4.69) is 0 Å². The van der Waals surface area contributed by atoms with Gasteiger partial charge in [0.25, 0.3) is 0 Å². The van der Waals surface area contributed by atoms with E-state index >= 15 is 0 Å². The molecule has 0 aromatic heterocycles. The minimum atomic E-state index is -5.30. The summed E-state index contributed by atoms with van der Waals surface area (Å²) >= 11 is 5.78. The van der Waals surface area contributed by atoms with Crippen molar-refractivity contribution < 1.29 is 85.1 Å². The normalized spacial score (nSPS) is 11.3. The van der Waals surface area contributed by atoms with Crippen molar-refractivity contribution >= 4 is 37.9 Å². The van der Waals surface area contributed by atoms with E-state index in [1.807, 2.05) is 0 Å². The first-order valence-corrected chi connectivity index (χ1v) is 7.83. The number of nitrogens with one attached hydrogen (secondary N) is 1. The van der Waals surface area contributed by atoms with E-state index in [9.17, 15) is 25.9 Å². The van der Waals surface area contributed by atoms with Gasteiger partial charge in [0.15, 0.2) is 20.6 Å². The van der Waals surface area contributed by atoms with Crippen LogP contribution in [0, 0.1) is 13.8 Å². The van der Waals surface area contributed by atoms with Crippen LogP contribution in [0.15, 0.2) is 12.1 Å². The molecule has 0 atom stereocenters. The van der Waals surface area contributed by atoms with Crippen LogP contribution in [-0.4, -0.2) is 25.9 Å². The average Bonchev–Trinajstić information content (AvgIpc) is 2.10. The maximum Gasteiger partial charge on any atom is 1.00 e. The minimum absolute atomic E-state index is 0. The van der Waals surface area contributed by atoms with Gasteiger partial charge in [0.2, 0.25) is 0 Å². The summed E-state index contributed by atoms with van der Waals surface area (Å²) in [6, 6.07) is 2.79. The average molecular weight is 375 g/mol. The monoisotopic (exact) mass is 374 g/mol. The Morgan fingerprint density at radius 1 is 1.10 bits per heavy atom. The number of rotatable bonds is 4. The minimum Gasteiger partial charge on any atom is -0.734 e. The third kappa shape index (κ3) is 7.46. The number of hydrogen-bond acceptors (Lipinski definition) is 6. The molecule has 0 unspecified atom stereocenters. The molecular weight excluding hydrogens is 366 g/mol. The molecule has 108 valence electrons. The molecule has 0 spiro atoms. The fraction of sp³-hybridized carbons (Fsp3) is 0.250. The quantitative estimate of drug-likeness (QED) is 0.317. The van der Waals surface area contributed by atoms with E-state index in [1.165, 1.54) is 19.1 Å². The van der Waals surface area contributed by atoms with E-state index in [-0.39, 0.29) is 74.1 Å². The van der Waals surface area contributed by atoms with Gasteiger partial charge in [-0.2, -0.15) is 4.41 Å². The van der Waals surface area contributed by atoms with Crippen LogP contribution in [0.1, 0.15) is 11.1 Å². The van der Waals surface area contributed by atoms with Gasteiger partial charge < -0.3 is 9.11 Å². The van der Waals surface area contributed by atoms with Gasteiger partial charge in [0.1, 0.15) is 0 Å². The second kappa shape index (κ2) is 8.81. The Kier molecular flexibility index (Phi) is 10.2. The first-order chi connectivity index (χ1) is 8.42. The molecule has 0 aliphatic carbocycles. The predicted octanol–water partition coefficient (Wildman–Crippen LogP) is -5.80. The van der Waals surface area contributed by atoms with Gasteiger partial charge in [-0.15, -0.1) is 4.83 Å². The molecule has 1 N–H and O–H groups in total. The van der Waals surface area contributed by atoms with Crippen molar-refractivity contribution in [2.75, 3.05) is 4.41 Å². The van der Waals surface area contributed by atoms with Crippen molar-refractivity contribution in [3.63, 3.8) is 0 Å². The second-order valence-corrected chi connectivity index (χ2v) is 6.40. The first-order valence-electron chi connectivity index (χ1n) is 4.68. The SMILES string of the molecule is Cc1cc(C)c(N(NS(=O)(=O)[O-])S(=O)(=O)[O-])c(Cl)c1.[Na+].[Na+]. The second-order valence-electron chi connectivity index (χ2n) is 3.68. The molecule has 0 aliphatic rings. The van der Waals surface area contributed by atoms with Crippen LogP contribution < -0.4 is 68.4 Å². The number of benzene rings is 1. The molecule has 8 nitrogen and oxygen atoms in total. The van der Waals surface area contributed by atoms with Crippen LogP contribution in [0.2, 0.25) is 5.02 Å². The summed E-state index contributed by atoms with van der Waals surface area (Å²) in [5.74, 6) is 0. The molecule has 0 fully saturated rings.